The van der Waals surface area contributed by atoms with E-state index in [0.717, 1.165) is 41.3 Å². The second kappa shape index (κ2) is 15.1. The van der Waals surface area contributed by atoms with Gasteiger partial charge in [-0.25, -0.2) is 0 Å². The van der Waals surface area contributed by atoms with Crippen LogP contribution in [0.1, 0.15) is 56.1 Å². The van der Waals surface area contributed by atoms with Gasteiger partial charge >= 0.3 is 0 Å². The fourth-order valence-electron chi connectivity index (χ4n) is 5.02. The van der Waals surface area contributed by atoms with Crippen LogP contribution in [0.5, 0.6) is 5.75 Å². The molecule has 0 radical (unpaired) electrons. The summed E-state index contributed by atoms with van der Waals surface area (Å²) in [7, 11) is 0. The smallest absolute Gasteiger partial charge is 0.243 e. The van der Waals surface area contributed by atoms with Crippen molar-refractivity contribution in [1.82, 2.24) is 10.2 Å². The SMILES string of the molecule is O=C(NC1CCCCC1)[C@H](Cc1ccccc1)N(Cc1cccc(Br)c1)C(=O)CCCOc1ccc(Cl)cc1. The highest BCUT2D eigenvalue weighted by molar-refractivity contribution is 9.10. The van der Waals surface area contributed by atoms with Crippen molar-refractivity contribution in [2.75, 3.05) is 6.61 Å². The maximum Gasteiger partial charge on any atom is 0.243 e. The minimum absolute atomic E-state index is 0.0607. The van der Waals surface area contributed by atoms with Crippen molar-refractivity contribution in [3.8, 4) is 5.75 Å². The fraction of sp³-hybridized carbons (Fsp3) is 0.375. The Kier molecular flexibility index (Phi) is 11.3. The molecule has 1 aliphatic carbocycles. The van der Waals surface area contributed by atoms with Gasteiger partial charge in [-0.3, -0.25) is 9.59 Å². The van der Waals surface area contributed by atoms with Crippen LogP contribution >= 0.6 is 27.5 Å². The average molecular weight is 612 g/mol. The Morgan fingerprint density at radius 3 is 2.38 bits per heavy atom. The number of carbonyl (C=O) groups is 2. The molecule has 1 N–H and O–H groups in total. The molecule has 1 saturated carbocycles. The van der Waals surface area contributed by atoms with Gasteiger partial charge in [-0.2, -0.15) is 0 Å². The number of hydrogen-bond acceptors (Lipinski definition) is 3. The van der Waals surface area contributed by atoms with E-state index in [-0.39, 0.29) is 24.3 Å². The molecule has 0 bridgehead atoms. The van der Waals surface area contributed by atoms with Crippen LogP contribution in [0, 0.1) is 0 Å². The Bertz CT molecular complexity index is 1200. The Morgan fingerprint density at radius 1 is 0.949 bits per heavy atom. The lowest BCUT2D eigenvalue weighted by atomic mass is 9.94. The normalized spacial score (nSPS) is 14.4. The van der Waals surface area contributed by atoms with E-state index in [0.29, 0.717) is 36.8 Å². The van der Waals surface area contributed by atoms with Gasteiger partial charge in [-0.15, -0.1) is 0 Å². The molecular formula is C32H36BrClN2O3. The van der Waals surface area contributed by atoms with E-state index in [1.165, 1.54) is 6.42 Å². The van der Waals surface area contributed by atoms with Crippen molar-refractivity contribution in [2.24, 2.45) is 0 Å². The largest absolute Gasteiger partial charge is 0.494 e. The molecule has 1 fully saturated rings. The first-order valence-electron chi connectivity index (χ1n) is 13.7. The standard InChI is InChI=1S/C32H36BrClN2O3/c33-26-12-7-11-25(21-26)23-36(31(37)15-8-20-39-29-18-16-27(34)17-19-29)30(22-24-9-3-1-4-10-24)32(38)35-28-13-5-2-6-14-28/h1,3-4,7,9-12,16-19,21,28,30H,2,5-6,8,13-15,20,22-23H2,(H,35,38)/t30-/m0/s1. The molecule has 206 valence electrons. The maximum atomic E-state index is 13.8. The highest BCUT2D eigenvalue weighted by Crippen LogP contribution is 2.22. The van der Waals surface area contributed by atoms with Crippen molar-refractivity contribution in [3.63, 3.8) is 0 Å². The number of halogens is 2. The van der Waals surface area contributed by atoms with Crippen LogP contribution in [0.4, 0.5) is 0 Å². The number of carbonyl (C=O) groups excluding carboxylic acids is 2. The molecule has 4 rings (SSSR count). The lowest BCUT2D eigenvalue weighted by Gasteiger charge is -2.33. The summed E-state index contributed by atoms with van der Waals surface area (Å²) in [5.74, 6) is 0.576. The van der Waals surface area contributed by atoms with E-state index >= 15 is 0 Å². The van der Waals surface area contributed by atoms with Crippen LogP contribution in [0.3, 0.4) is 0 Å². The topological polar surface area (TPSA) is 58.6 Å². The quantitative estimate of drug-likeness (QED) is 0.218. The number of nitrogens with one attached hydrogen (secondary N) is 1. The maximum absolute atomic E-state index is 13.8. The van der Waals surface area contributed by atoms with Crippen LogP contribution in [-0.2, 0) is 22.6 Å². The third-order valence-electron chi connectivity index (χ3n) is 7.08. The molecular weight excluding hydrogens is 576 g/mol. The summed E-state index contributed by atoms with van der Waals surface area (Å²) in [5, 5.41) is 3.94. The lowest BCUT2D eigenvalue weighted by molar-refractivity contribution is -0.141. The van der Waals surface area contributed by atoms with Crippen LogP contribution in [0.15, 0.2) is 83.3 Å². The zero-order chi connectivity index (χ0) is 27.5. The molecule has 39 heavy (non-hydrogen) atoms. The van der Waals surface area contributed by atoms with Gasteiger partial charge in [0.25, 0.3) is 0 Å². The third kappa shape index (κ3) is 9.40. The molecule has 1 atom stereocenters. The number of ether oxygens (including phenoxy) is 1. The number of amides is 2. The van der Waals surface area contributed by atoms with Crippen molar-refractivity contribution in [1.29, 1.82) is 0 Å². The van der Waals surface area contributed by atoms with Gasteiger partial charge in [-0.05, 0) is 66.8 Å². The van der Waals surface area contributed by atoms with Gasteiger partial charge in [0.1, 0.15) is 11.8 Å². The minimum atomic E-state index is -0.613. The molecule has 2 amide bonds. The average Bonchev–Trinajstić information content (AvgIpc) is 2.95. The van der Waals surface area contributed by atoms with E-state index in [1.54, 1.807) is 17.0 Å². The van der Waals surface area contributed by atoms with Crippen molar-refractivity contribution >= 4 is 39.3 Å². The number of hydrogen-bond donors (Lipinski definition) is 1. The van der Waals surface area contributed by atoms with Crippen LogP contribution in [-0.4, -0.2) is 35.4 Å². The van der Waals surface area contributed by atoms with E-state index in [4.69, 9.17) is 16.3 Å². The Balaban J connectivity index is 1.51. The van der Waals surface area contributed by atoms with Gasteiger partial charge in [0.15, 0.2) is 0 Å². The number of benzene rings is 3. The summed E-state index contributed by atoms with van der Waals surface area (Å²) >= 11 is 9.50. The van der Waals surface area contributed by atoms with Crippen molar-refractivity contribution < 1.29 is 14.3 Å². The summed E-state index contributed by atoms with van der Waals surface area (Å²) in [6.45, 7) is 0.752. The highest BCUT2D eigenvalue weighted by atomic mass is 79.9. The van der Waals surface area contributed by atoms with Gasteiger partial charge < -0.3 is 15.0 Å². The molecule has 0 spiro atoms. The summed E-state index contributed by atoms with van der Waals surface area (Å²) in [5.41, 5.74) is 2.00. The van der Waals surface area contributed by atoms with Crippen LogP contribution in [0.2, 0.25) is 5.02 Å². The predicted molar refractivity (Wildman–Crippen MR) is 160 cm³/mol. The second-order valence-corrected chi connectivity index (χ2v) is 11.5. The van der Waals surface area contributed by atoms with E-state index in [1.807, 2.05) is 66.7 Å². The summed E-state index contributed by atoms with van der Waals surface area (Å²) in [6.07, 6.45) is 6.73. The summed E-state index contributed by atoms with van der Waals surface area (Å²) in [4.78, 5) is 29.3. The third-order valence-corrected chi connectivity index (χ3v) is 7.83. The highest BCUT2D eigenvalue weighted by Gasteiger charge is 2.31. The molecule has 3 aromatic carbocycles. The molecule has 0 aliphatic heterocycles. The molecule has 3 aromatic rings. The van der Waals surface area contributed by atoms with Gasteiger partial charge in [-0.1, -0.05) is 89.3 Å². The van der Waals surface area contributed by atoms with Gasteiger partial charge in [0.05, 0.1) is 6.61 Å². The van der Waals surface area contributed by atoms with Crippen molar-refractivity contribution in [2.45, 2.75) is 70.0 Å². The Labute approximate surface area is 245 Å². The fourth-order valence-corrected chi connectivity index (χ4v) is 5.59. The second-order valence-electron chi connectivity index (χ2n) is 10.1. The van der Waals surface area contributed by atoms with Gasteiger partial charge in [0, 0.05) is 34.9 Å². The van der Waals surface area contributed by atoms with Crippen LogP contribution < -0.4 is 10.1 Å². The monoisotopic (exact) mass is 610 g/mol. The molecule has 7 heteroatoms. The molecule has 0 saturated heterocycles. The Hall–Kier alpha value is -2.83. The first kappa shape index (κ1) is 29.2. The molecule has 0 aromatic heterocycles. The van der Waals surface area contributed by atoms with E-state index in [9.17, 15) is 9.59 Å². The van der Waals surface area contributed by atoms with E-state index < -0.39 is 6.04 Å². The molecule has 5 nitrogen and oxygen atoms in total. The summed E-state index contributed by atoms with van der Waals surface area (Å²) < 4.78 is 6.75. The summed E-state index contributed by atoms with van der Waals surface area (Å²) in [6, 6.07) is 24.6. The van der Waals surface area contributed by atoms with Crippen molar-refractivity contribution in [3.05, 3.63) is 99.5 Å². The Morgan fingerprint density at radius 2 is 1.67 bits per heavy atom. The molecule has 0 unspecified atom stereocenters. The lowest BCUT2D eigenvalue weighted by Crippen LogP contribution is -2.52. The first-order valence-corrected chi connectivity index (χ1v) is 14.9. The van der Waals surface area contributed by atoms with Crippen LogP contribution in [0.25, 0.3) is 0 Å². The predicted octanol–water partition coefficient (Wildman–Crippen LogP) is 7.35. The minimum Gasteiger partial charge on any atom is -0.494 e. The first-order chi connectivity index (χ1) is 19.0. The molecule has 1 aliphatic rings. The number of rotatable bonds is 12. The van der Waals surface area contributed by atoms with Gasteiger partial charge in [0.2, 0.25) is 11.8 Å². The zero-order valence-electron chi connectivity index (χ0n) is 22.2. The number of nitrogens with zero attached hydrogens (tertiary/aromatic N) is 1. The molecule has 0 heterocycles. The van der Waals surface area contributed by atoms with E-state index in [2.05, 4.69) is 21.2 Å². The zero-order valence-corrected chi connectivity index (χ0v) is 24.5.